The van der Waals surface area contributed by atoms with Crippen LogP contribution in [0.3, 0.4) is 0 Å². The Morgan fingerprint density at radius 2 is 1.87 bits per heavy atom. The highest BCUT2D eigenvalue weighted by Crippen LogP contribution is 2.41. The maximum atomic E-state index is 13.0. The molecule has 3 heterocycles. The van der Waals surface area contributed by atoms with E-state index in [1.807, 2.05) is 6.92 Å². The number of aliphatic hydroxyl groups is 1. The molecule has 1 amide bonds. The Kier molecular flexibility index (Phi) is 5.30. The van der Waals surface area contributed by atoms with Gasteiger partial charge in [0.15, 0.2) is 0 Å². The highest BCUT2D eigenvalue weighted by atomic mass is 79.9. The number of Topliss-reactive ketones (excluding diaryl/α,β-unsaturated/α-hetero) is 1. The van der Waals surface area contributed by atoms with E-state index < -0.39 is 17.7 Å². The molecule has 1 atom stereocenters. The van der Waals surface area contributed by atoms with Crippen LogP contribution in [0, 0.1) is 13.8 Å². The highest BCUT2D eigenvalue weighted by Gasteiger charge is 2.47. The molecule has 30 heavy (non-hydrogen) atoms. The number of carbonyl (C=O) groups excluding carboxylic acids is 2. The Morgan fingerprint density at radius 1 is 1.13 bits per heavy atom. The van der Waals surface area contributed by atoms with Crippen molar-refractivity contribution >= 4 is 33.4 Å². The molecule has 0 spiro atoms. The predicted octanol–water partition coefficient (Wildman–Crippen LogP) is 4.68. The van der Waals surface area contributed by atoms with Gasteiger partial charge in [-0.3, -0.25) is 14.6 Å². The summed E-state index contributed by atoms with van der Waals surface area (Å²) in [5, 5.41) is 11.1. The summed E-state index contributed by atoms with van der Waals surface area (Å²) in [5.41, 5.74) is 2.20. The Labute approximate surface area is 182 Å². The van der Waals surface area contributed by atoms with Gasteiger partial charge >= 0.3 is 0 Å². The van der Waals surface area contributed by atoms with Crippen molar-refractivity contribution in [3.05, 3.63) is 93.1 Å². The molecule has 1 unspecified atom stereocenters. The first-order chi connectivity index (χ1) is 14.4. The van der Waals surface area contributed by atoms with Crippen LogP contribution >= 0.6 is 15.9 Å². The topological polar surface area (TPSA) is 83.6 Å². The number of pyridine rings is 1. The molecule has 1 saturated heterocycles. The second-order valence-corrected chi connectivity index (χ2v) is 8.05. The van der Waals surface area contributed by atoms with Crippen LogP contribution in [0.25, 0.3) is 5.76 Å². The third-order valence-electron chi connectivity index (χ3n) is 5.10. The lowest BCUT2D eigenvalue weighted by atomic mass is 9.98. The van der Waals surface area contributed by atoms with Crippen molar-refractivity contribution in [1.82, 2.24) is 9.88 Å². The first-order valence-corrected chi connectivity index (χ1v) is 10.2. The number of aromatic nitrogens is 1. The van der Waals surface area contributed by atoms with E-state index in [1.165, 1.54) is 4.90 Å². The molecule has 1 N–H and O–H groups in total. The lowest BCUT2D eigenvalue weighted by Gasteiger charge is -2.23. The van der Waals surface area contributed by atoms with Crippen molar-refractivity contribution in [1.29, 1.82) is 0 Å². The number of nitrogens with zero attached hydrogens (tertiary/aromatic N) is 2. The zero-order valence-electron chi connectivity index (χ0n) is 16.4. The van der Waals surface area contributed by atoms with Crippen molar-refractivity contribution in [2.75, 3.05) is 0 Å². The van der Waals surface area contributed by atoms with Gasteiger partial charge in [-0.15, -0.1) is 0 Å². The summed E-state index contributed by atoms with van der Waals surface area (Å²) in [7, 11) is 0. The molecule has 0 saturated carbocycles. The van der Waals surface area contributed by atoms with Gasteiger partial charge in [0.1, 0.15) is 23.3 Å². The molecule has 1 aliphatic rings. The molecule has 0 bridgehead atoms. The Balaban J connectivity index is 1.86. The lowest BCUT2D eigenvalue weighted by Crippen LogP contribution is -2.29. The molecular weight excluding hydrogens is 448 g/mol. The molecule has 1 aromatic carbocycles. The van der Waals surface area contributed by atoms with E-state index in [0.717, 1.165) is 15.6 Å². The number of aliphatic hydroxyl groups excluding tert-OH is 1. The molecule has 3 aromatic rings. The van der Waals surface area contributed by atoms with Crippen LogP contribution in [0.4, 0.5) is 0 Å². The third kappa shape index (κ3) is 3.57. The van der Waals surface area contributed by atoms with Gasteiger partial charge in [0.2, 0.25) is 0 Å². The average Bonchev–Trinajstić information content (AvgIpc) is 3.26. The van der Waals surface area contributed by atoms with Crippen molar-refractivity contribution in [3.63, 3.8) is 0 Å². The van der Waals surface area contributed by atoms with Gasteiger partial charge < -0.3 is 14.4 Å². The van der Waals surface area contributed by atoms with E-state index >= 15 is 0 Å². The number of furan rings is 1. The van der Waals surface area contributed by atoms with E-state index in [4.69, 9.17) is 4.42 Å². The molecule has 4 rings (SSSR count). The van der Waals surface area contributed by atoms with Crippen LogP contribution in [0.5, 0.6) is 0 Å². The minimum absolute atomic E-state index is 0.0186. The van der Waals surface area contributed by atoms with Gasteiger partial charge in [0.05, 0.1) is 5.57 Å². The summed E-state index contributed by atoms with van der Waals surface area (Å²) in [6.07, 6.45) is 3.26. The maximum Gasteiger partial charge on any atom is 0.296 e. The average molecular weight is 467 g/mol. The molecule has 6 nitrogen and oxygen atoms in total. The van der Waals surface area contributed by atoms with Crippen LogP contribution < -0.4 is 0 Å². The molecule has 0 aliphatic carbocycles. The Morgan fingerprint density at radius 3 is 2.50 bits per heavy atom. The first-order valence-electron chi connectivity index (χ1n) is 9.37. The summed E-state index contributed by atoms with van der Waals surface area (Å²) in [4.78, 5) is 31.3. The summed E-state index contributed by atoms with van der Waals surface area (Å²) in [6.45, 7) is 3.86. The normalized spacial score (nSPS) is 18.2. The largest absolute Gasteiger partial charge is 0.507 e. The van der Waals surface area contributed by atoms with Gasteiger partial charge in [0, 0.05) is 29.0 Å². The number of hydrogen-bond donors (Lipinski definition) is 1. The van der Waals surface area contributed by atoms with Crippen molar-refractivity contribution < 1.29 is 19.1 Å². The zero-order valence-corrected chi connectivity index (χ0v) is 18.0. The Hall–Kier alpha value is -3.19. The number of ketones is 1. The number of likely N-dealkylation sites (tertiary alicyclic amines) is 1. The van der Waals surface area contributed by atoms with Crippen molar-refractivity contribution in [2.24, 2.45) is 0 Å². The monoisotopic (exact) mass is 466 g/mol. The van der Waals surface area contributed by atoms with Crippen LogP contribution in [-0.4, -0.2) is 26.7 Å². The number of hydrogen-bond acceptors (Lipinski definition) is 5. The van der Waals surface area contributed by atoms with Crippen LogP contribution in [-0.2, 0) is 16.1 Å². The maximum absolute atomic E-state index is 13.0. The number of amides is 1. The SMILES string of the molecule is Cc1ccc(C2/C(=C(/O)c3ccc(Br)c(C)c3)C(=O)C(=O)N2Cc2ccncc2)o1. The quantitative estimate of drug-likeness (QED) is 0.343. The second kappa shape index (κ2) is 7.91. The highest BCUT2D eigenvalue weighted by molar-refractivity contribution is 9.10. The van der Waals surface area contributed by atoms with E-state index in [9.17, 15) is 14.7 Å². The zero-order chi connectivity index (χ0) is 21.4. The minimum Gasteiger partial charge on any atom is -0.507 e. The molecule has 7 heteroatoms. The molecule has 2 aromatic heterocycles. The number of halogens is 1. The van der Waals surface area contributed by atoms with Crippen molar-refractivity contribution in [3.8, 4) is 0 Å². The number of rotatable bonds is 4. The third-order valence-corrected chi connectivity index (χ3v) is 5.99. The molecular formula is C23H19BrN2O4. The van der Waals surface area contributed by atoms with Crippen LogP contribution in [0.2, 0.25) is 0 Å². The number of benzene rings is 1. The van der Waals surface area contributed by atoms with Gasteiger partial charge in [0.25, 0.3) is 11.7 Å². The first kappa shape index (κ1) is 20.1. The summed E-state index contributed by atoms with van der Waals surface area (Å²) < 4.78 is 6.66. The summed E-state index contributed by atoms with van der Waals surface area (Å²) in [5.74, 6) is -0.558. The fourth-order valence-corrected chi connectivity index (χ4v) is 3.82. The minimum atomic E-state index is -0.823. The molecule has 1 aliphatic heterocycles. The molecule has 152 valence electrons. The van der Waals surface area contributed by atoms with Gasteiger partial charge in [-0.05, 0) is 61.4 Å². The predicted molar refractivity (Wildman–Crippen MR) is 114 cm³/mol. The van der Waals surface area contributed by atoms with E-state index in [-0.39, 0.29) is 17.9 Å². The fraction of sp³-hybridized carbons (Fsp3) is 0.174. The summed E-state index contributed by atoms with van der Waals surface area (Å²) in [6, 6.07) is 11.5. The van der Waals surface area contributed by atoms with E-state index in [1.54, 1.807) is 61.8 Å². The van der Waals surface area contributed by atoms with Gasteiger partial charge in [-0.25, -0.2) is 0 Å². The van der Waals surface area contributed by atoms with Gasteiger partial charge in [-0.1, -0.05) is 22.0 Å². The molecule has 1 fully saturated rings. The van der Waals surface area contributed by atoms with Crippen LogP contribution in [0.1, 0.15) is 34.3 Å². The van der Waals surface area contributed by atoms with Crippen molar-refractivity contribution in [2.45, 2.75) is 26.4 Å². The second-order valence-electron chi connectivity index (χ2n) is 7.19. The Bertz CT molecular complexity index is 1170. The molecule has 0 radical (unpaired) electrons. The number of aryl methyl sites for hydroxylation is 2. The van der Waals surface area contributed by atoms with E-state index in [0.29, 0.717) is 17.1 Å². The fourth-order valence-electron chi connectivity index (χ4n) is 3.57. The van der Waals surface area contributed by atoms with Gasteiger partial charge in [-0.2, -0.15) is 0 Å². The number of carbonyl (C=O) groups is 2. The van der Waals surface area contributed by atoms with E-state index in [2.05, 4.69) is 20.9 Å². The lowest BCUT2D eigenvalue weighted by molar-refractivity contribution is -0.140. The standard InChI is InChI=1S/C23H19BrN2O4/c1-13-11-16(4-5-17(13)24)21(27)19-20(18-6-3-14(2)30-18)26(23(29)22(19)28)12-15-7-9-25-10-8-15/h3-11,20,27H,12H2,1-2H3/b21-19-. The smallest absolute Gasteiger partial charge is 0.296 e. The summed E-state index contributed by atoms with van der Waals surface area (Å²) >= 11 is 3.43. The van der Waals surface area contributed by atoms with Crippen LogP contribution in [0.15, 0.2) is 69.3 Å².